The minimum absolute atomic E-state index is 0.162. The van der Waals surface area contributed by atoms with E-state index in [2.05, 4.69) is 33.3 Å². The number of carbonyl (C=O) groups is 1. The molecule has 43 heavy (non-hydrogen) atoms. The number of fused-ring (bicyclic) bond motifs is 2. The highest BCUT2D eigenvalue weighted by Crippen LogP contribution is 2.45. The lowest BCUT2D eigenvalue weighted by Crippen LogP contribution is -2.34. The molecule has 1 saturated carbocycles. The third kappa shape index (κ3) is 7.16. The highest BCUT2D eigenvalue weighted by molar-refractivity contribution is 5.68. The van der Waals surface area contributed by atoms with Gasteiger partial charge >= 0.3 is 12.1 Å². The third-order valence-corrected chi connectivity index (χ3v) is 9.39. The van der Waals surface area contributed by atoms with Crippen LogP contribution in [0.2, 0.25) is 0 Å². The van der Waals surface area contributed by atoms with Gasteiger partial charge < -0.3 is 19.6 Å². The van der Waals surface area contributed by atoms with Gasteiger partial charge in [0.05, 0.1) is 32.2 Å². The SMILES string of the molecule is C/C(=C\C(C)C(F)(F)F)CN(c1nnn(C)n1)C1CCCN(CC2CCC(CC(=O)O)CC2)c2c1cc1c(c2C)COC1. The topological polar surface area (TPSA) is 96.6 Å². The number of carboxylic acid groups (broad SMARTS) is 1. The summed E-state index contributed by atoms with van der Waals surface area (Å²) in [4.78, 5) is 17.1. The van der Waals surface area contributed by atoms with Gasteiger partial charge in [-0.05, 0) is 97.7 Å². The van der Waals surface area contributed by atoms with E-state index in [1.54, 1.807) is 14.0 Å². The van der Waals surface area contributed by atoms with Crippen molar-refractivity contribution >= 4 is 17.6 Å². The zero-order valence-electron chi connectivity index (χ0n) is 25.5. The summed E-state index contributed by atoms with van der Waals surface area (Å²) in [5, 5.41) is 22.1. The van der Waals surface area contributed by atoms with Crippen molar-refractivity contribution in [3.05, 3.63) is 40.0 Å². The number of alkyl halides is 3. The number of anilines is 2. The first-order chi connectivity index (χ1) is 20.4. The first-order valence-electron chi connectivity index (χ1n) is 15.3. The third-order valence-electron chi connectivity index (χ3n) is 9.39. The van der Waals surface area contributed by atoms with Crippen molar-refractivity contribution in [1.29, 1.82) is 0 Å². The van der Waals surface area contributed by atoms with Crippen LogP contribution < -0.4 is 9.80 Å². The molecule has 2 atom stereocenters. The van der Waals surface area contributed by atoms with Crippen LogP contribution in [0.4, 0.5) is 24.8 Å². The summed E-state index contributed by atoms with van der Waals surface area (Å²) < 4.78 is 46.1. The number of aromatic nitrogens is 4. The Hall–Kier alpha value is -3.15. The second kappa shape index (κ2) is 12.8. The van der Waals surface area contributed by atoms with Gasteiger partial charge in [-0.25, -0.2) is 0 Å². The molecule has 1 N–H and O–H groups in total. The second-order valence-electron chi connectivity index (χ2n) is 12.7. The molecule has 0 bridgehead atoms. The van der Waals surface area contributed by atoms with Crippen LogP contribution >= 0.6 is 0 Å². The van der Waals surface area contributed by atoms with Crippen molar-refractivity contribution in [2.24, 2.45) is 24.8 Å². The Kier molecular flexibility index (Phi) is 9.34. The highest BCUT2D eigenvalue weighted by atomic mass is 19.4. The number of nitrogens with zero attached hydrogens (tertiary/aromatic N) is 6. The maximum atomic E-state index is 13.4. The number of ether oxygens (including phenoxy) is 1. The lowest BCUT2D eigenvalue weighted by atomic mass is 9.80. The van der Waals surface area contributed by atoms with Crippen LogP contribution in [-0.4, -0.2) is 57.1 Å². The van der Waals surface area contributed by atoms with Gasteiger partial charge in [0, 0.05) is 31.7 Å². The van der Waals surface area contributed by atoms with E-state index in [-0.39, 0.29) is 24.9 Å². The molecular weight excluding hydrogens is 561 g/mol. The van der Waals surface area contributed by atoms with Gasteiger partial charge in [-0.15, -0.1) is 5.10 Å². The van der Waals surface area contributed by atoms with E-state index in [9.17, 15) is 23.1 Å². The molecule has 0 saturated heterocycles. The molecule has 236 valence electrons. The van der Waals surface area contributed by atoms with Crippen LogP contribution in [0.25, 0.3) is 0 Å². The maximum absolute atomic E-state index is 13.4. The molecular formula is C31H43F3N6O3. The fraction of sp³-hybridized carbons (Fsp3) is 0.677. The first-order valence-corrected chi connectivity index (χ1v) is 15.3. The standard InChI is InChI=1S/C31H43F3N6O3/c1-19(12-20(2)31(32,33)34)15-40(30-35-37-38(4)36-30)27-6-5-11-39(16-23-9-7-22(8-10-23)13-28(41)42)29-21(3)26-18-43-17-24(26)14-25(27)29/h12,14,20,22-23,27H,5-11,13,15-18H2,1-4H3,(H,41,42)/b19-12+. The molecule has 2 aromatic rings. The van der Waals surface area contributed by atoms with Crippen LogP contribution in [0, 0.1) is 24.7 Å². The first kappa shape index (κ1) is 31.3. The Morgan fingerprint density at radius 1 is 1.21 bits per heavy atom. The summed E-state index contributed by atoms with van der Waals surface area (Å²) >= 11 is 0. The summed E-state index contributed by atoms with van der Waals surface area (Å²) in [6.45, 7) is 8.18. The fourth-order valence-electron chi connectivity index (χ4n) is 7.19. The normalized spacial score (nSPS) is 23.5. The largest absolute Gasteiger partial charge is 0.481 e. The Morgan fingerprint density at radius 2 is 1.93 bits per heavy atom. The summed E-state index contributed by atoms with van der Waals surface area (Å²) in [6, 6.07) is 2.07. The average molecular weight is 605 g/mol. The van der Waals surface area contributed by atoms with Crippen LogP contribution in [-0.2, 0) is 29.8 Å². The van der Waals surface area contributed by atoms with Gasteiger partial charge in [0.15, 0.2) is 0 Å². The zero-order chi connectivity index (χ0) is 30.9. The molecule has 2 aliphatic heterocycles. The maximum Gasteiger partial charge on any atom is 0.394 e. The van der Waals surface area contributed by atoms with Crippen molar-refractivity contribution in [3.63, 3.8) is 0 Å². The van der Waals surface area contributed by atoms with Crippen molar-refractivity contribution in [2.75, 3.05) is 29.4 Å². The van der Waals surface area contributed by atoms with E-state index >= 15 is 0 Å². The number of allylic oxidation sites excluding steroid dienone is 1. The Labute approximate surface area is 251 Å². The van der Waals surface area contributed by atoms with Gasteiger partial charge in [0.2, 0.25) is 0 Å². The Morgan fingerprint density at radius 3 is 2.58 bits per heavy atom. The number of benzene rings is 1. The molecule has 0 amide bonds. The number of hydrogen-bond donors (Lipinski definition) is 1. The number of hydrogen-bond acceptors (Lipinski definition) is 7. The monoisotopic (exact) mass is 604 g/mol. The molecule has 5 rings (SSSR count). The molecule has 1 aromatic heterocycles. The highest BCUT2D eigenvalue weighted by Gasteiger charge is 2.37. The van der Waals surface area contributed by atoms with Gasteiger partial charge in [-0.3, -0.25) is 4.79 Å². The second-order valence-corrected chi connectivity index (χ2v) is 12.7. The van der Waals surface area contributed by atoms with E-state index in [1.165, 1.54) is 34.6 Å². The predicted octanol–water partition coefficient (Wildman–Crippen LogP) is 6.12. The fourth-order valence-corrected chi connectivity index (χ4v) is 7.19. The van der Waals surface area contributed by atoms with E-state index in [1.807, 2.05) is 4.90 Å². The number of aryl methyl sites for hydroxylation is 1. The molecule has 3 heterocycles. The van der Waals surface area contributed by atoms with Crippen molar-refractivity contribution in [1.82, 2.24) is 20.2 Å². The smallest absolute Gasteiger partial charge is 0.394 e. The number of halogens is 3. The summed E-state index contributed by atoms with van der Waals surface area (Å²) in [5.74, 6) is -1.16. The zero-order valence-corrected chi connectivity index (χ0v) is 25.5. The average Bonchev–Trinajstić information content (AvgIpc) is 3.55. The van der Waals surface area contributed by atoms with Crippen LogP contribution in [0.3, 0.4) is 0 Å². The van der Waals surface area contributed by atoms with Crippen molar-refractivity contribution < 1.29 is 27.8 Å². The minimum atomic E-state index is -4.31. The van der Waals surface area contributed by atoms with Crippen molar-refractivity contribution in [2.45, 2.75) is 91.1 Å². The predicted molar refractivity (Wildman–Crippen MR) is 157 cm³/mol. The number of carboxylic acids is 1. The van der Waals surface area contributed by atoms with E-state index in [0.717, 1.165) is 62.7 Å². The van der Waals surface area contributed by atoms with Gasteiger partial charge in [-0.2, -0.15) is 18.0 Å². The van der Waals surface area contributed by atoms with Gasteiger partial charge in [0.1, 0.15) is 0 Å². The lowest BCUT2D eigenvalue weighted by molar-refractivity contribution is -0.156. The van der Waals surface area contributed by atoms with Crippen molar-refractivity contribution in [3.8, 4) is 0 Å². The van der Waals surface area contributed by atoms with Gasteiger partial charge in [0.25, 0.3) is 5.95 Å². The van der Waals surface area contributed by atoms with Crippen LogP contribution in [0.5, 0.6) is 0 Å². The summed E-state index contributed by atoms with van der Waals surface area (Å²) in [7, 11) is 1.69. The molecule has 9 nitrogen and oxygen atoms in total. The number of aliphatic carboxylic acids is 1. The quantitative estimate of drug-likeness (QED) is 0.342. The number of rotatable bonds is 9. The summed E-state index contributed by atoms with van der Waals surface area (Å²) in [5.41, 5.74) is 6.47. The molecule has 2 unspecified atom stereocenters. The van der Waals surface area contributed by atoms with E-state index in [0.29, 0.717) is 30.7 Å². The Bertz CT molecular complexity index is 1330. The van der Waals surface area contributed by atoms with E-state index in [4.69, 9.17) is 4.74 Å². The molecule has 0 radical (unpaired) electrons. The van der Waals surface area contributed by atoms with E-state index < -0.39 is 18.1 Å². The van der Waals surface area contributed by atoms with Crippen LogP contribution in [0.1, 0.15) is 87.1 Å². The molecule has 12 heteroatoms. The molecule has 1 aliphatic carbocycles. The Balaban J connectivity index is 1.49. The molecule has 3 aliphatic rings. The molecule has 1 aromatic carbocycles. The van der Waals surface area contributed by atoms with Crippen LogP contribution in [0.15, 0.2) is 17.7 Å². The number of tetrazole rings is 1. The minimum Gasteiger partial charge on any atom is -0.481 e. The molecule has 0 spiro atoms. The summed E-state index contributed by atoms with van der Waals surface area (Å²) in [6.07, 6.45) is 2.80. The molecule has 1 fully saturated rings. The lowest BCUT2D eigenvalue weighted by Gasteiger charge is -2.36. The van der Waals surface area contributed by atoms with Gasteiger partial charge in [-0.1, -0.05) is 23.7 Å².